The summed E-state index contributed by atoms with van der Waals surface area (Å²) in [5.74, 6) is 0.849. The predicted octanol–water partition coefficient (Wildman–Crippen LogP) is 0.882. The normalized spacial score (nSPS) is 23.7. The lowest BCUT2D eigenvalue weighted by Crippen LogP contribution is -2.37. The van der Waals surface area contributed by atoms with Crippen LogP contribution in [0.5, 0.6) is 0 Å². The Hall–Kier alpha value is -2.00. The van der Waals surface area contributed by atoms with Crippen LogP contribution in [0.25, 0.3) is 11.0 Å². The van der Waals surface area contributed by atoms with Gasteiger partial charge in [0.05, 0.1) is 30.4 Å². The lowest BCUT2D eigenvalue weighted by molar-refractivity contribution is -0.126. The molecule has 0 spiro atoms. The van der Waals surface area contributed by atoms with Gasteiger partial charge in [-0.1, -0.05) is 0 Å². The Morgan fingerprint density at radius 2 is 2.19 bits per heavy atom. The number of aromatic nitrogens is 2. The molecule has 0 saturated carbocycles. The fourth-order valence-electron chi connectivity index (χ4n) is 3.64. The van der Waals surface area contributed by atoms with Gasteiger partial charge in [-0.2, -0.15) is 0 Å². The van der Waals surface area contributed by atoms with Crippen LogP contribution in [0.15, 0.2) is 18.2 Å². The van der Waals surface area contributed by atoms with Crippen LogP contribution in [-0.4, -0.2) is 72.4 Å². The number of amides is 1. The van der Waals surface area contributed by atoms with Gasteiger partial charge >= 0.3 is 0 Å². The number of nitrogens with zero attached hydrogens (tertiary/aromatic N) is 2. The van der Waals surface area contributed by atoms with Crippen LogP contribution >= 0.6 is 0 Å². The molecule has 2 aromatic rings. The molecule has 1 aromatic heterocycles. The van der Waals surface area contributed by atoms with Crippen LogP contribution in [-0.2, 0) is 20.7 Å². The molecular weight excluding hydrogens is 346 g/mol. The van der Waals surface area contributed by atoms with Crippen molar-refractivity contribution in [2.75, 3.05) is 44.7 Å². The van der Waals surface area contributed by atoms with E-state index >= 15 is 0 Å². The van der Waals surface area contributed by atoms with Gasteiger partial charge in [0.15, 0.2) is 0 Å². The van der Waals surface area contributed by atoms with Crippen molar-refractivity contribution in [1.82, 2.24) is 14.9 Å². The maximum absolute atomic E-state index is 12.4. The summed E-state index contributed by atoms with van der Waals surface area (Å²) >= 11 is 0. The molecule has 2 fully saturated rings. The molecule has 2 saturated heterocycles. The van der Waals surface area contributed by atoms with E-state index in [9.17, 15) is 4.79 Å². The van der Waals surface area contributed by atoms with Crippen molar-refractivity contribution in [3.8, 4) is 0 Å². The maximum Gasteiger partial charge on any atom is 0.253 e. The molecule has 8 heteroatoms. The SMILES string of the molecule is NC[C@H]1CC[C@@H](C(=O)Nc2ccc3nc(CCN4CCOCC4)[nH]c3c2)O1. The second-order valence-corrected chi connectivity index (χ2v) is 7.17. The molecule has 1 amide bonds. The molecule has 0 unspecified atom stereocenters. The number of nitrogens with one attached hydrogen (secondary N) is 2. The van der Waals surface area contributed by atoms with Gasteiger partial charge in [0.25, 0.3) is 5.91 Å². The summed E-state index contributed by atoms with van der Waals surface area (Å²) in [6.45, 7) is 4.99. The van der Waals surface area contributed by atoms with Crippen LogP contribution in [0.2, 0.25) is 0 Å². The molecular formula is C19H27N5O3. The Labute approximate surface area is 158 Å². The van der Waals surface area contributed by atoms with E-state index in [-0.39, 0.29) is 12.0 Å². The van der Waals surface area contributed by atoms with E-state index in [0.29, 0.717) is 13.0 Å². The Kier molecular flexibility index (Phi) is 5.68. The number of ether oxygens (including phenoxy) is 2. The fraction of sp³-hybridized carbons (Fsp3) is 0.579. The third-order valence-electron chi connectivity index (χ3n) is 5.23. The van der Waals surface area contributed by atoms with Gasteiger partial charge in [0.2, 0.25) is 0 Å². The van der Waals surface area contributed by atoms with Crippen molar-refractivity contribution in [3.63, 3.8) is 0 Å². The quantitative estimate of drug-likeness (QED) is 0.694. The number of anilines is 1. The monoisotopic (exact) mass is 373 g/mol. The minimum Gasteiger partial charge on any atom is -0.379 e. The van der Waals surface area contributed by atoms with Crippen LogP contribution in [0.3, 0.4) is 0 Å². The van der Waals surface area contributed by atoms with Crippen molar-refractivity contribution >= 4 is 22.6 Å². The highest BCUT2D eigenvalue weighted by Gasteiger charge is 2.29. The van der Waals surface area contributed by atoms with Crippen molar-refractivity contribution in [2.45, 2.75) is 31.5 Å². The molecule has 8 nitrogen and oxygen atoms in total. The van der Waals surface area contributed by atoms with Crippen molar-refractivity contribution in [3.05, 3.63) is 24.0 Å². The lowest BCUT2D eigenvalue weighted by atomic mass is 10.2. The van der Waals surface area contributed by atoms with E-state index in [1.807, 2.05) is 18.2 Å². The zero-order valence-electron chi connectivity index (χ0n) is 15.4. The Bertz CT molecular complexity index is 787. The molecule has 4 rings (SSSR count). The molecule has 0 aliphatic carbocycles. The Balaban J connectivity index is 1.36. The molecule has 0 radical (unpaired) electrons. The Morgan fingerprint density at radius 1 is 1.33 bits per heavy atom. The molecule has 146 valence electrons. The fourth-order valence-corrected chi connectivity index (χ4v) is 3.64. The van der Waals surface area contributed by atoms with Gasteiger partial charge in [-0.05, 0) is 31.0 Å². The van der Waals surface area contributed by atoms with Crippen LogP contribution in [0.4, 0.5) is 5.69 Å². The first-order valence-electron chi connectivity index (χ1n) is 9.66. The smallest absolute Gasteiger partial charge is 0.253 e. The van der Waals surface area contributed by atoms with E-state index in [4.69, 9.17) is 15.2 Å². The van der Waals surface area contributed by atoms with Gasteiger partial charge in [0.1, 0.15) is 11.9 Å². The van der Waals surface area contributed by atoms with Crippen LogP contribution < -0.4 is 11.1 Å². The highest BCUT2D eigenvalue weighted by Crippen LogP contribution is 2.22. The molecule has 3 heterocycles. The largest absolute Gasteiger partial charge is 0.379 e. The summed E-state index contributed by atoms with van der Waals surface area (Å²) in [5, 5.41) is 2.94. The van der Waals surface area contributed by atoms with Crippen molar-refractivity contribution in [1.29, 1.82) is 0 Å². The van der Waals surface area contributed by atoms with E-state index < -0.39 is 6.10 Å². The average Bonchev–Trinajstić information content (AvgIpc) is 3.33. The highest BCUT2D eigenvalue weighted by atomic mass is 16.5. The summed E-state index contributed by atoms with van der Waals surface area (Å²) in [6.07, 6.45) is 1.99. The zero-order valence-corrected chi connectivity index (χ0v) is 15.4. The van der Waals surface area contributed by atoms with E-state index in [0.717, 1.165) is 68.2 Å². The molecule has 4 N–H and O–H groups in total. The van der Waals surface area contributed by atoms with E-state index in [1.54, 1.807) is 0 Å². The van der Waals surface area contributed by atoms with Gasteiger partial charge < -0.3 is 25.5 Å². The number of hydrogen-bond donors (Lipinski definition) is 3. The molecule has 2 atom stereocenters. The predicted molar refractivity (Wildman–Crippen MR) is 103 cm³/mol. The summed E-state index contributed by atoms with van der Waals surface area (Å²) in [7, 11) is 0. The number of rotatable bonds is 6. The Morgan fingerprint density at radius 3 is 2.96 bits per heavy atom. The van der Waals surface area contributed by atoms with Gasteiger partial charge in [-0.25, -0.2) is 4.98 Å². The first-order valence-corrected chi connectivity index (χ1v) is 9.66. The minimum atomic E-state index is -0.417. The van der Waals surface area contributed by atoms with Crippen LogP contribution in [0, 0.1) is 0 Å². The first-order chi connectivity index (χ1) is 13.2. The second kappa shape index (κ2) is 8.35. The number of imidazole rings is 1. The summed E-state index contributed by atoms with van der Waals surface area (Å²) < 4.78 is 11.0. The lowest BCUT2D eigenvalue weighted by Gasteiger charge is -2.25. The van der Waals surface area contributed by atoms with Gasteiger partial charge in [-0.15, -0.1) is 0 Å². The van der Waals surface area contributed by atoms with Crippen molar-refractivity contribution < 1.29 is 14.3 Å². The number of carbonyl (C=O) groups excluding carboxylic acids is 1. The average molecular weight is 373 g/mol. The number of H-pyrrole nitrogens is 1. The number of hydrogen-bond acceptors (Lipinski definition) is 6. The molecule has 0 bridgehead atoms. The topological polar surface area (TPSA) is 106 Å². The first kappa shape index (κ1) is 18.4. The number of nitrogens with two attached hydrogens (primary N) is 1. The number of fused-ring (bicyclic) bond motifs is 1. The van der Waals surface area contributed by atoms with Crippen molar-refractivity contribution in [2.24, 2.45) is 5.73 Å². The highest BCUT2D eigenvalue weighted by molar-refractivity contribution is 5.96. The van der Waals surface area contributed by atoms with Gasteiger partial charge in [0, 0.05) is 38.3 Å². The third-order valence-corrected chi connectivity index (χ3v) is 5.23. The summed E-state index contributed by atoms with van der Waals surface area (Å²) in [6, 6.07) is 5.73. The zero-order chi connectivity index (χ0) is 18.6. The minimum absolute atomic E-state index is 0.00939. The molecule has 2 aliphatic rings. The third kappa shape index (κ3) is 4.47. The molecule has 1 aromatic carbocycles. The maximum atomic E-state index is 12.4. The molecule has 2 aliphatic heterocycles. The molecule has 27 heavy (non-hydrogen) atoms. The van der Waals surface area contributed by atoms with E-state index in [2.05, 4.69) is 20.2 Å². The number of morpholine rings is 1. The van der Waals surface area contributed by atoms with Gasteiger partial charge in [-0.3, -0.25) is 9.69 Å². The number of aromatic amines is 1. The summed E-state index contributed by atoms with van der Waals surface area (Å²) in [4.78, 5) is 22.8. The number of carbonyl (C=O) groups is 1. The standard InChI is InChI=1S/C19H27N5O3/c20-12-14-2-4-17(27-14)19(25)21-13-1-3-15-16(11-13)23-18(22-15)5-6-24-7-9-26-10-8-24/h1,3,11,14,17H,2,4-10,12,20H2,(H,21,25)(H,22,23)/t14-,17+/m1/s1. The summed E-state index contributed by atoms with van der Waals surface area (Å²) in [5.41, 5.74) is 8.19. The number of benzene rings is 1. The van der Waals surface area contributed by atoms with E-state index in [1.165, 1.54) is 0 Å². The van der Waals surface area contributed by atoms with Crippen LogP contribution in [0.1, 0.15) is 18.7 Å². The second-order valence-electron chi connectivity index (χ2n) is 7.17.